The molecular formula is C21H31N3O4S. The minimum absolute atomic E-state index is 0.171. The van der Waals surface area contributed by atoms with Crippen LogP contribution in [0.2, 0.25) is 0 Å². The predicted octanol–water partition coefficient (Wildman–Crippen LogP) is 3.14. The van der Waals surface area contributed by atoms with E-state index in [1.807, 2.05) is 25.1 Å². The number of ether oxygens (including phenoxy) is 1. The average molecular weight is 422 g/mol. The van der Waals surface area contributed by atoms with E-state index >= 15 is 0 Å². The van der Waals surface area contributed by atoms with Gasteiger partial charge in [-0.25, -0.2) is 17.9 Å². The van der Waals surface area contributed by atoms with Gasteiger partial charge in [-0.2, -0.15) is 0 Å². The highest BCUT2D eigenvalue weighted by molar-refractivity contribution is 7.89. The molecule has 29 heavy (non-hydrogen) atoms. The van der Waals surface area contributed by atoms with Gasteiger partial charge in [-0.05, 0) is 51.3 Å². The molecule has 2 rings (SSSR count). The largest absolute Gasteiger partial charge is 0.447 e. The van der Waals surface area contributed by atoms with Crippen molar-refractivity contribution in [3.63, 3.8) is 0 Å². The summed E-state index contributed by atoms with van der Waals surface area (Å²) in [6.45, 7) is 13.4. The van der Waals surface area contributed by atoms with Gasteiger partial charge in [-0.1, -0.05) is 18.7 Å². The van der Waals surface area contributed by atoms with E-state index in [0.717, 1.165) is 17.0 Å². The molecule has 0 radical (unpaired) electrons. The van der Waals surface area contributed by atoms with Crippen LogP contribution in [0.25, 0.3) is 5.57 Å². The van der Waals surface area contributed by atoms with Gasteiger partial charge in [0.05, 0.1) is 23.6 Å². The second-order valence-corrected chi connectivity index (χ2v) is 9.43. The number of sulfonamides is 1. The van der Waals surface area contributed by atoms with E-state index in [0.29, 0.717) is 25.8 Å². The number of hydrogen-bond donors (Lipinski definition) is 1. The fourth-order valence-corrected chi connectivity index (χ4v) is 4.56. The number of carbonyl (C=O) groups excluding carboxylic acids is 1. The number of carbonyl (C=O) groups is 1. The molecule has 1 saturated heterocycles. The van der Waals surface area contributed by atoms with E-state index in [1.165, 1.54) is 6.08 Å². The normalized spacial score (nSPS) is 19.8. The zero-order valence-corrected chi connectivity index (χ0v) is 18.2. The molecule has 1 aliphatic rings. The first-order valence-corrected chi connectivity index (χ1v) is 11.5. The van der Waals surface area contributed by atoms with Crippen molar-refractivity contribution in [1.82, 2.24) is 14.6 Å². The molecule has 0 saturated carbocycles. The Bertz CT molecular complexity index is 851. The Morgan fingerprint density at radius 2 is 2.17 bits per heavy atom. The number of piperidine rings is 1. The number of rotatable bonds is 8. The van der Waals surface area contributed by atoms with Crippen LogP contribution in [-0.2, 0) is 21.2 Å². The Kier molecular flexibility index (Phi) is 7.98. The van der Waals surface area contributed by atoms with Crippen LogP contribution in [0.1, 0.15) is 45.0 Å². The van der Waals surface area contributed by atoms with Crippen molar-refractivity contribution in [3.8, 4) is 0 Å². The number of hydrogen-bond acceptors (Lipinski definition) is 5. The molecule has 0 aliphatic carbocycles. The summed E-state index contributed by atoms with van der Waals surface area (Å²) in [6.07, 6.45) is 2.38. The Hall–Kier alpha value is -2.19. The summed E-state index contributed by atoms with van der Waals surface area (Å²) in [5, 5.41) is 0. The van der Waals surface area contributed by atoms with Crippen LogP contribution in [0, 0.1) is 0 Å². The van der Waals surface area contributed by atoms with Gasteiger partial charge >= 0.3 is 6.09 Å². The fourth-order valence-electron chi connectivity index (χ4n) is 3.42. The van der Waals surface area contributed by atoms with Crippen LogP contribution in [0.3, 0.4) is 0 Å². The van der Waals surface area contributed by atoms with E-state index in [2.05, 4.69) is 22.9 Å². The van der Waals surface area contributed by atoms with Crippen molar-refractivity contribution in [2.24, 2.45) is 0 Å². The maximum atomic E-state index is 12.7. The summed E-state index contributed by atoms with van der Waals surface area (Å²) >= 11 is 0. The summed E-state index contributed by atoms with van der Waals surface area (Å²) in [7, 11) is -3.53. The van der Waals surface area contributed by atoms with Gasteiger partial charge in [0.15, 0.2) is 0 Å². The Morgan fingerprint density at radius 1 is 1.45 bits per heavy atom. The molecule has 1 amide bonds. The van der Waals surface area contributed by atoms with Crippen molar-refractivity contribution >= 4 is 21.7 Å². The zero-order chi connectivity index (χ0) is 21.6. The van der Waals surface area contributed by atoms with Crippen molar-refractivity contribution in [3.05, 3.63) is 48.8 Å². The van der Waals surface area contributed by atoms with Crippen LogP contribution >= 0.6 is 0 Å². The molecule has 1 fully saturated rings. The molecule has 0 bridgehead atoms. The topological polar surface area (TPSA) is 88.6 Å². The second kappa shape index (κ2) is 10.0. The number of amides is 1. The third-order valence-corrected chi connectivity index (χ3v) is 6.02. The molecule has 1 aromatic heterocycles. The molecule has 8 heteroatoms. The summed E-state index contributed by atoms with van der Waals surface area (Å²) in [6, 6.07) is 4.82. The molecule has 2 heterocycles. The highest BCUT2D eigenvalue weighted by Gasteiger charge is 2.37. The molecule has 0 spiro atoms. The van der Waals surface area contributed by atoms with Crippen LogP contribution in [0.4, 0.5) is 4.79 Å². The predicted molar refractivity (Wildman–Crippen MR) is 115 cm³/mol. The average Bonchev–Trinajstić information content (AvgIpc) is 2.62. The number of aromatic nitrogens is 1. The van der Waals surface area contributed by atoms with Crippen molar-refractivity contribution in [2.75, 3.05) is 12.3 Å². The molecule has 7 nitrogen and oxygen atoms in total. The first-order valence-electron chi connectivity index (χ1n) is 9.83. The van der Waals surface area contributed by atoms with Gasteiger partial charge in [0.1, 0.15) is 0 Å². The van der Waals surface area contributed by atoms with E-state index in [4.69, 9.17) is 4.74 Å². The third-order valence-electron chi connectivity index (χ3n) is 4.68. The molecule has 1 aliphatic heterocycles. The summed E-state index contributed by atoms with van der Waals surface area (Å²) in [5.41, 5.74) is 2.39. The lowest BCUT2D eigenvalue weighted by atomic mass is 9.93. The number of pyridine rings is 1. The number of allylic oxidation sites excluding steroid dienone is 1. The van der Waals surface area contributed by atoms with Gasteiger partial charge in [-0.15, -0.1) is 6.58 Å². The van der Waals surface area contributed by atoms with Crippen molar-refractivity contribution in [1.29, 1.82) is 0 Å². The van der Waals surface area contributed by atoms with Crippen LogP contribution in [-0.4, -0.2) is 54.9 Å². The molecule has 0 aromatic carbocycles. The van der Waals surface area contributed by atoms with Crippen molar-refractivity contribution < 1.29 is 17.9 Å². The van der Waals surface area contributed by atoms with Gasteiger partial charge in [0.25, 0.3) is 0 Å². The highest BCUT2D eigenvalue weighted by atomic mass is 32.2. The van der Waals surface area contributed by atoms with Gasteiger partial charge < -0.3 is 9.64 Å². The monoisotopic (exact) mass is 421 g/mol. The fraction of sp³-hybridized carbons (Fsp3) is 0.524. The van der Waals surface area contributed by atoms with Crippen molar-refractivity contribution in [2.45, 2.75) is 58.2 Å². The quantitative estimate of drug-likeness (QED) is 0.652. The lowest BCUT2D eigenvalue weighted by molar-refractivity contribution is 0.0459. The minimum atomic E-state index is -3.53. The molecular weight excluding hydrogens is 390 g/mol. The summed E-state index contributed by atoms with van der Waals surface area (Å²) in [4.78, 5) is 18.9. The first kappa shape index (κ1) is 23.1. The smallest absolute Gasteiger partial charge is 0.410 e. The number of nitrogens with one attached hydrogen (secondary N) is 1. The molecule has 1 N–H and O–H groups in total. The third kappa shape index (κ3) is 6.68. The highest BCUT2D eigenvalue weighted by Crippen LogP contribution is 2.24. The Morgan fingerprint density at radius 3 is 2.79 bits per heavy atom. The van der Waals surface area contributed by atoms with E-state index < -0.39 is 28.2 Å². The standard InChI is InChI=1S/C21H31N3O4S/c1-6-13-29(26,27)23-19-11-8-12-24(21(25)28-16(4)5)20(19)14-17-9-7-10-18(22-17)15(2)3/h6-7,9-10,16,19-20,23H,1-2,8,11-14H2,3-5H3. The summed E-state index contributed by atoms with van der Waals surface area (Å²) in [5.74, 6) is -0.171. The van der Waals surface area contributed by atoms with E-state index in [1.54, 1.807) is 18.7 Å². The van der Waals surface area contributed by atoms with Crippen LogP contribution in [0.15, 0.2) is 37.4 Å². The van der Waals surface area contributed by atoms with Gasteiger partial charge in [0, 0.05) is 24.7 Å². The zero-order valence-electron chi connectivity index (χ0n) is 17.4. The van der Waals surface area contributed by atoms with Crippen LogP contribution in [0.5, 0.6) is 0 Å². The van der Waals surface area contributed by atoms with E-state index in [-0.39, 0.29) is 11.9 Å². The molecule has 2 atom stereocenters. The SMILES string of the molecule is C=CCS(=O)(=O)NC1CCCN(C(=O)OC(C)C)C1Cc1cccc(C(=C)C)n1. The Labute approximate surface area is 173 Å². The number of nitrogens with zero attached hydrogens (tertiary/aromatic N) is 2. The van der Waals surface area contributed by atoms with Gasteiger partial charge in [-0.3, -0.25) is 4.98 Å². The van der Waals surface area contributed by atoms with Crippen LogP contribution < -0.4 is 4.72 Å². The first-order chi connectivity index (χ1) is 13.6. The summed E-state index contributed by atoms with van der Waals surface area (Å²) < 4.78 is 32.9. The molecule has 2 unspecified atom stereocenters. The molecule has 160 valence electrons. The lowest BCUT2D eigenvalue weighted by Crippen LogP contribution is -2.58. The second-order valence-electron chi connectivity index (χ2n) is 7.63. The van der Waals surface area contributed by atoms with Gasteiger partial charge in [0.2, 0.25) is 10.0 Å². The maximum absolute atomic E-state index is 12.7. The molecule has 1 aromatic rings. The minimum Gasteiger partial charge on any atom is -0.447 e. The Balaban J connectivity index is 2.34. The van der Waals surface area contributed by atoms with E-state index in [9.17, 15) is 13.2 Å². The maximum Gasteiger partial charge on any atom is 0.410 e. The number of likely N-dealkylation sites (tertiary alicyclic amines) is 1. The lowest BCUT2D eigenvalue weighted by Gasteiger charge is -2.41.